The van der Waals surface area contributed by atoms with Gasteiger partial charge in [0.05, 0.1) is 11.8 Å². The van der Waals surface area contributed by atoms with E-state index in [0.29, 0.717) is 23.3 Å². The Morgan fingerprint density at radius 2 is 1.96 bits per heavy atom. The van der Waals surface area contributed by atoms with Crippen LogP contribution in [0.2, 0.25) is 0 Å². The molecule has 1 aliphatic heterocycles. The highest BCUT2D eigenvalue weighted by Gasteiger charge is 2.59. The summed E-state index contributed by atoms with van der Waals surface area (Å²) in [6, 6.07) is 3.08. The molecule has 1 unspecified atom stereocenters. The van der Waals surface area contributed by atoms with E-state index in [0.717, 1.165) is 37.7 Å². The van der Waals surface area contributed by atoms with Gasteiger partial charge >= 0.3 is 18.0 Å². The molecular formula is C30H40ClN3O11. The van der Waals surface area contributed by atoms with Gasteiger partial charge in [0.25, 0.3) is 0 Å². The summed E-state index contributed by atoms with van der Waals surface area (Å²) in [5.74, 6) is -1.99. The molecule has 1 saturated heterocycles. The second-order valence-corrected chi connectivity index (χ2v) is 13.1. The Kier molecular flexibility index (Phi) is 9.90. The third-order valence-corrected chi connectivity index (χ3v) is 10.8. The number of halogens is 1. The number of ether oxygens (including phenoxy) is 3. The summed E-state index contributed by atoms with van der Waals surface area (Å²) in [6.07, 6.45) is -3.93. The Morgan fingerprint density at radius 1 is 1.20 bits per heavy atom. The number of alkyl halides is 1. The number of hydrogen-bond donors (Lipinski definition) is 5. The van der Waals surface area contributed by atoms with Crippen LogP contribution in [-0.2, 0) is 30.2 Å². The highest BCUT2D eigenvalue weighted by atomic mass is 35.5. The van der Waals surface area contributed by atoms with Crippen LogP contribution in [0.15, 0.2) is 23.5 Å². The smallest absolute Gasteiger partial charge is 0.345 e. The number of urea groups is 1. The zero-order valence-electron chi connectivity index (χ0n) is 25.1. The number of nitrogens with zero attached hydrogens (tertiary/aromatic N) is 2. The number of amides is 2. The highest BCUT2D eigenvalue weighted by molar-refractivity contribution is 6.18. The Hall–Kier alpha value is -3.04. The van der Waals surface area contributed by atoms with Gasteiger partial charge in [-0.1, -0.05) is 13.0 Å². The van der Waals surface area contributed by atoms with Crippen molar-refractivity contribution < 1.29 is 49.0 Å². The molecule has 1 aromatic carbocycles. The average Bonchev–Trinajstić information content (AvgIpc) is 3.37. The molecule has 1 aromatic rings. The van der Waals surface area contributed by atoms with Crippen LogP contribution in [0.4, 0.5) is 4.79 Å². The zero-order valence-corrected chi connectivity index (χ0v) is 25.8. The van der Waals surface area contributed by atoms with Crippen LogP contribution in [-0.4, -0.2) is 99.7 Å². The molecule has 11 atom stereocenters. The predicted molar refractivity (Wildman–Crippen MR) is 157 cm³/mol. The number of carboxylic acids is 1. The van der Waals surface area contributed by atoms with Crippen molar-refractivity contribution in [3.05, 3.63) is 34.2 Å². The van der Waals surface area contributed by atoms with Gasteiger partial charge in [-0.3, -0.25) is 0 Å². The van der Waals surface area contributed by atoms with Gasteiger partial charge in [-0.15, -0.1) is 16.5 Å². The third-order valence-electron chi connectivity index (χ3n) is 10.6. The number of carboxylic acid groups (broad SMARTS) is 1. The number of nitroso groups, excluding NO2 is 1. The molecule has 4 aliphatic rings. The SMILES string of the molecule is CO[C@H]1O[C@H](C(=O)OC(C(=O)O)[C@H]2CC[C@@H]3[C@H]4CCc5cc(O)ccc5[C@@H]4CC[C@]23C)[C@@H](O)[C@H](O)[C@H]1NC(=O)N(CCCl)N=O. The first-order chi connectivity index (χ1) is 21.4. The van der Waals surface area contributed by atoms with E-state index in [1.165, 1.54) is 12.7 Å². The predicted octanol–water partition coefficient (Wildman–Crippen LogP) is 2.25. The number of carbonyl (C=O) groups is 3. The van der Waals surface area contributed by atoms with Crippen LogP contribution >= 0.6 is 11.6 Å². The van der Waals surface area contributed by atoms with Gasteiger partial charge < -0.3 is 40.0 Å². The minimum absolute atomic E-state index is 0.0980. The molecule has 248 valence electrons. The number of aliphatic hydroxyl groups excluding tert-OH is 2. The zero-order chi connectivity index (χ0) is 32.6. The Labute approximate surface area is 264 Å². The van der Waals surface area contributed by atoms with E-state index in [-0.39, 0.29) is 24.1 Å². The summed E-state index contributed by atoms with van der Waals surface area (Å²) in [6.45, 7) is 1.85. The van der Waals surface area contributed by atoms with Crippen molar-refractivity contribution in [2.75, 3.05) is 19.5 Å². The van der Waals surface area contributed by atoms with Crippen molar-refractivity contribution in [1.29, 1.82) is 0 Å². The van der Waals surface area contributed by atoms with E-state index in [2.05, 4.69) is 17.5 Å². The molecule has 3 aliphatic carbocycles. The van der Waals surface area contributed by atoms with Gasteiger partial charge in [0.2, 0.25) is 6.10 Å². The minimum atomic E-state index is -1.93. The van der Waals surface area contributed by atoms with Crippen molar-refractivity contribution in [1.82, 2.24) is 10.3 Å². The maximum absolute atomic E-state index is 13.4. The molecule has 0 aromatic heterocycles. The number of aryl methyl sites for hydroxylation is 1. The number of phenolic OH excluding ortho intramolecular Hbond substituents is 1. The van der Waals surface area contributed by atoms with Crippen LogP contribution in [0.3, 0.4) is 0 Å². The highest BCUT2D eigenvalue weighted by Crippen LogP contribution is 2.64. The summed E-state index contributed by atoms with van der Waals surface area (Å²) in [4.78, 5) is 49.4. The van der Waals surface area contributed by atoms with E-state index >= 15 is 0 Å². The van der Waals surface area contributed by atoms with Gasteiger partial charge in [-0.05, 0) is 85.0 Å². The molecule has 14 nitrogen and oxygen atoms in total. The van der Waals surface area contributed by atoms with Crippen molar-refractivity contribution in [2.24, 2.45) is 28.5 Å². The summed E-state index contributed by atoms with van der Waals surface area (Å²) in [5, 5.41) is 47.2. The third kappa shape index (κ3) is 6.10. The second kappa shape index (κ2) is 13.4. The van der Waals surface area contributed by atoms with Crippen molar-refractivity contribution in [3.63, 3.8) is 0 Å². The quantitative estimate of drug-likeness (QED) is 0.113. The average molecular weight is 654 g/mol. The number of carbonyl (C=O) groups excluding carboxylic acids is 2. The molecule has 0 bridgehead atoms. The standard InChI is InChI=1S/C30H40ClN3O11/c1-30-10-9-17-16-6-4-15(35)13-14(16)3-5-18(17)19(30)7-8-20(30)24(26(38)39)44-27(40)25-23(37)22(36)21(28(43-2)45-25)32-29(41)34(33-42)12-11-31/h4,6,13,17-25,28,35-37H,3,5,7-12H2,1-2H3,(H,32,41)(H,38,39)/t17-,18-,19+,20+,21+,22+,23-,24?,25-,28-,30-/m0/s1. The Balaban J connectivity index is 1.29. The van der Waals surface area contributed by atoms with Crippen LogP contribution in [0, 0.1) is 28.1 Å². The van der Waals surface area contributed by atoms with Crippen LogP contribution in [0.25, 0.3) is 0 Å². The number of hydrogen-bond acceptors (Lipinski definition) is 11. The molecule has 1 heterocycles. The fourth-order valence-corrected chi connectivity index (χ4v) is 8.65. The first kappa shape index (κ1) is 33.3. The van der Waals surface area contributed by atoms with E-state index < -0.39 is 66.1 Å². The van der Waals surface area contributed by atoms with Crippen LogP contribution in [0.1, 0.15) is 56.1 Å². The molecular weight excluding hydrogens is 614 g/mol. The molecule has 2 amide bonds. The Bertz CT molecular complexity index is 1300. The molecule has 5 rings (SSSR count). The van der Waals surface area contributed by atoms with Crippen molar-refractivity contribution in [3.8, 4) is 5.75 Å². The summed E-state index contributed by atoms with van der Waals surface area (Å²) < 4.78 is 16.4. The summed E-state index contributed by atoms with van der Waals surface area (Å²) >= 11 is 5.57. The van der Waals surface area contributed by atoms with Gasteiger partial charge in [0.15, 0.2) is 12.4 Å². The molecule has 3 fully saturated rings. The van der Waals surface area contributed by atoms with Gasteiger partial charge in [0, 0.05) is 18.9 Å². The van der Waals surface area contributed by atoms with E-state index in [9.17, 15) is 39.7 Å². The summed E-state index contributed by atoms with van der Waals surface area (Å²) in [5.41, 5.74) is 1.98. The maximum Gasteiger partial charge on any atom is 0.345 e. The lowest BCUT2D eigenvalue weighted by Crippen LogP contribution is -2.66. The number of aliphatic carboxylic acids is 1. The topological polar surface area (TPSA) is 205 Å². The van der Waals surface area contributed by atoms with Crippen molar-refractivity contribution >= 4 is 29.6 Å². The maximum atomic E-state index is 13.4. The van der Waals surface area contributed by atoms with E-state index in [4.69, 9.17) is 25.8 Å². The molecule has 0 radical (unpaired) electrons. The number of fused-ring (bicyclic) bond motifs is 5. The van der Waals surface area contributed by atoms with Gasteiger partial charge in [-0.25, -0.2) is 14.4 Å². The first-order valence-corrected chi connectivity index (χ1v) is 15.7. The number of benzene rings is 1. The lowest BCUT2D eigenvalue weighted by molar-refractivity contribution is -0.260. The first-order valence-electron chi connectivity index (χ1n) is 15.2. The summed E-state index contributed by atoms with van der Waals surface area (Å²) in [7, 11) is 1.17. The molecule has 15 heteroatoms. The molecule has 2 saturated carbocycles. The van der Waals surface area contributed by atoms with E-state index in [1.54, 1.807) is 6.07 Å². The molecule has 0 spiro atoms. The molecule has 45 heavy (non-hydrogen) atoms. The fourth-order valence-electron chi connectivity index (χ4n) is 8.49. The number of rotatable bonds is 9. The van der Waals surface area contributed by atoms with Gasteiger partial charge in [-0.2, -0.15) is 5.01 Å². The monoisotopic (exact) mass is 653 g/mol. The number of aliphatic hydroxyl groups is 2. The number of aromatic hydroxyl groups is 1. The van der Waals surface area contributed by atoms with Crippen molar-refractivity contribution in [2.45, 2.75) is 88.1 Å². The number of esters is 1. The number of nitrogens with one attached hydrogen (secondary N) is 1. The van der Waals surface area contributed by atoms with Crippen LogP contribution in [0.5, 0.6) is 5.75 Å². The number of methoxy groups -OCH3 is 1. The van der Waals surface area contributed by atoms with Gasteiger partial charge in [0.1, 0.15) is 24.0 Å². The van der Waals surface area contributed by atoms with Crippen LogP contribution < -0.4 is 5.32 Å². The Morgan fingerprint density at radius 3 is 2.62 bits per heavy atom. The number of phenols is 1. The fraction of sp³-hybridized carbons (Fsp3) is 0.700. The molecule has 5 N–H and O–H groups in total. The lowest BCUT2D eigenvalue weighted by Gasteiger charge is -2.51. The largest absolute Gasteiger partial charge is 0.508 e. The normalized spacial score (nSPS) is 36.1. The minimum Gasteiger partial charge on any atom is -0.508 e. The lowest BCUT2D eigenvalue weighted by atomic mass is 9.53. The van der Waals surface area contributed by atoms with E-state index in [1.807, 2.05) is 12.1 Å². The second-order valence-electron chi connectivity index (χ2n) is 12.7.